The van der Waals surface area contributed by atoms with Gasteiger partial charge in [0.25, 0.3) is 0 Å². The predicted octanol–water partition coefficient (Wildman–Crippen LogP) is 3.34. The lowest BCUT2D eigenvalue weighted by Crippen LogP contribution is -2.41. The number of nitrogens with zero attached hydrogens (tertiary/aromatic N) is 3. The van der Waals surface area contributed by atoms with E-state index in [-0.39, 0.29) is 42.4 Å². The Kier molecular flexibility index (Phi) is 10.9. The maximum absolute atomic E-state index is 13.6. The number of pyridine rings is 1. The van der Waals surface area contributed by atoms with Crippen LogP contribution in [0.15, 0.2) is 41.5 Å². The first-order valence-corrected chi connectivity index (χ1v) is 10.5. The Bertz CT molecular complexity index is 887. The van der Waals surface area contributed by atoms with Crippen LogP contribution in [0.3, 0.4) is 0 Å². The van der Waals surface area contributed by atoms with Crippen molar-refractivity contribution >= 4 is 35.8 Å². The van der Waals surface area contributed by atoms with Crippen LogP contribution in [0.1, 0.15) is 19.4 Å². The highest BCUT2D eigenvalue weighted by atomic mass is 127. The molecule has 2 heterocycles. The molecule has 1 aliphatic heterocycles. The lowest BCUT2D eigenvalue weighted by Gasteiger charge is -2.32. The van der Waals surface area contributed by atoms with E-state index in [0.717, 1.165) is 36.6 Å². The van der Waals surface area contributed by atoms with Gasteiger partial charge in [0.2, 0.25) is 0 Å². The van der Waals surface area contributed by atoms with Crippen molar-refractivity contribution in [2.24, 2.45) is 4.99 Å². The van der Waals surface area contributed by atoms with E-state index in [2.05, 4.69) is 32.4 Å². The molecule has 1 atom stereocenters. The molecule has 2 aromatic rings. The van der Waals surface area contributed by atoms with Gasteiger partial charge in [0.15, 0.2) is 17.5 Å². The number of nitrogens with one attached hydrogen (secondary N) is 2. The summed E-state index contributed by atoms with van der Waals surface area (Å²) in [5.74, 6) is 0.224. The van der Waals surface area contributed by atoms with Gasteiger partial charge in [0, 0.05) is 31.9 Å². The van der Waals surface area contributed by atoms with Crippen molar-refractivity contribution < 1.29 is 18.3 Å². The van der Waals surface area contributed by atoms with Gasteiger partial charge in [0.05, 0.1) is 25.8 Å². The zero-order valence-corrected chi connectivity index (χ0v) is 20.6. The van der Waals surface area contributed by atoms with Crippen molar-refractivity contribution in [1.29, 1.82) is 0 Å². The Morgan fingerprint density at radius 2 is 2.12 bits per heavy atom. The van der Waals surface area contributed by atoms with Crippen molar-refractivity contribution in [3.8, 4) is 5.75 Å². The normalized spacial score (nSPS) is 16.3. The number of anilines is 1. The second-order valence-corrected chi connectivity index (χ2v) is 7.19. The fourth-order valence-corrected chi connectivity index (χ4v) is 3.19. The molecule has 1 saturated heterocycles. The maximum atomic E-state index is 13.6. The average Bonchev–Trinajstić information content (AvgIpc) is 2.76. The third-order valence-corrected chi connectivity index (χ3v) is 4.68. The van der Waals surface area contributed by atoms with E-state index in [1.54, 1.807) is 6.20 Å². The molecule has 1 aromatic carbocycles. The first kappa shape index (κ1) is 26.0. The van der Waals surface area contributed by atoms with Crippen LogP contribution in [0.2, 0.25) is 0 Å². The molecule has 1 aliphatic rings. The molecule has 10 heteroatoms. The molecule has 0 spiro atoms. The Hall–Kier alpha value is -2.21. The largest absolute Gasteiger partial charge is 0.489 e. The van der Waals surface area contributed by atoms with Gasteiger partial charge in [0.1, 0.15) is 18.2 Å². The fraction of sp³-hybridized carbons (Fsp3) is 0.455. The van der Waals surface area contributed by atoms with E-state index in [0.29, 0.717) is 32.2 Å². The number of hydrogen-bond acceptors (Lipinski definition) is 5. The third kappa shape index (κ3) is 8.05. The molecular weight excluding hydrogens is 531 g/mol. The van der Waals surface area contributed by atoms with Crippen LogP contribution in [-0.4, -0.2) is 56.4 Å². The van der Waals surface area contributed by atoms with Crippen LogP contribution < -0.4 is 20.3 Å². The monoisotopic (exact) mass is 561 g/mol. The smallest absolute Gasteiger partial charge is 0.191 e. The third-order valence-electron chi connectivity index (χ3n) is 4.68. The first-order chi connectivity index (χ1) is 15.0. The number of aliphatic imine (C=N–C) groups is 1. The standard InChI is InChI=1S/C22H29F2N5O2.HI/c1-3-25-22(27-8-10-31-20-5-4-18(23)13-19(20)24)28-14-17-6-7-26-21(12-17)29-9-11-30-16(2)15-29;/h4-7,12-13,16H,3,8-11,14-15H2,1-2H3,(H2,25,27,28);1H. The van der Waals surface area contributed by atoms with Crippen LogP contribution in [0.5, 0.6) is 5.75 Å². The summed E-state index contributed by atoms with van der Waals surface area (Å²) in [7, 11) is 0. The van der Waals surface area contributed by atoms with E-state index >= 15 is 0 Å². The highest BCUT2D eigenvalue weighted by Crippen LogP contribution is 2.18. The summed E-state index contributed by atoms with van der Waals surface area (Å²) in [6.07, 6.45) is 1.98. The van der Waals surface area contributed by atoms with Crippen molar-refractivity contribution in [3.05, 3.63) is 53.7 Å². The Labute approximate surface area is 204 Å². The highest BCUT2D eigenvalue weighted by molar-refractivity contribution is 14.0. The average molecular weight is 561 g/mol. The van der Waals surface area contributed by atoms with Crippen LogP contribution in [0.4, 0.5) is 14.6 Å². The fourth-order valence-electron chi connectivity index (χ4n) is 3.19. The minimum Gasteiger partial charge on any atom is -0.489 e. The van der Waals surface area contributed by atoms with Crippen LogP contribution >= 0.6 is 24.0 Å². The molecule has 2 N–H and O–H groups in total. The second kappa shape index (κ2) is 13.4. The highest BCUT2D eigenvalue weighted by Gasteiger charge is 2.18. The molecule has 176 valence electrons. The summed E-state index contributed by atoms with van der Waals surface area (Å²) in [6, 6.07) is 7.24. The van der Waals surface area contributed by atoms with Crippen LogP contribution in [-0.2, 0) is 11.3 Å². The van der Waals surface area contributed by atoms with Crippen molar-refractivity contribution in [3.63, 3.8) is 0 Å². The summed E-state index contributed by atoms with van der Waals surface area (Å²) in [4.78, 5) is 11.3. The summed E-state index contributed by atoms with van der Waals surface area (Å²) in [5, 5.41) is 6.32. The van der Waals surface area contributed by atoms with E-state index < -0.39 is 11.6 Å². The summed E-state index contributed by atoms with van der Waals surface area (Å²) in [6.45, 7) is 8.18. The molecule has 1 fully saturated rings. The Balaban J connectivity index is 0.00000363. The quantitative estimate of drug-likeness (QED) is 0.223. The minimum absolute atomic E-state index is 0. The zero-order chi connectivity index (χ0) is 22.1. The molecule has 7 nitrogen and oxygen atoms in total. The van der Waals surface area contributed by atoms with Crippen molar-refractivity contribution in [1.82, 2.24) is 15.6 Å². The number of hydrogen-bond donors (Lipinski definition) is 2. The van der Waals surface area contributed by atoms with E-state index in [1.807, 2.05) is 19.1 Å². The zero-order valence-electron chi connectivity index (χ0n) is 18.3. The number of guanidine groups is 1. The predicted molar refractivity (Wildman–Crippen MR) is 132 cm³/mol. The lowest BCUT2D eigenvalue weighted by atomic mass is 10.2. The van der Waals surface area contributed by atoms with Gasteiger partial charge >= 0.3 is 0 Å². The van der Waals surface area contributed by atoms with Gasteiger partial charge in [-0.2, -0.15) is 0 Å². The molecule has 32 heavy (non-hydrogen) atoms. The van der Waals surface area contributed by atoms with Gasteiger partial charge in [-0.1, -0.05) is 0 Å². The summed E-state index contributed by atoms with van der Waals surface area (Å²) >= 11 is 0. The molecule has 3 rings (SSSR count). The van der Waals surface area contributed by atoms with E-state index in [9.17, 15) is 8.78 Å². The molecular formula is C22H30F2IN5O2. The lowest BCUT2D eigenvalue weighted by molar-refractivity contribution is 0.0529. The molecule has 1 aromatic heterocycles. The topological polar surface area (TPSA) is 71.0 Å². The van der Waals surface area contributed by atoms with Gasteiger partial charge < -0.3 is 25.0 Å². The van der Waals surface area contributed by atoms with Crippen LogP contribution in [0, 0.1) is 11.6 Å². The number of benzene rings is 1. The SMILES string of the molecule is CCNC(=NCc1ccnc(N2CCOC(C)C2)c1)NCCOc1ccc(F)cc1F.I. The number of morpholine rings is 1. The van der Waals surface area contributed by atoms with Gasteiger partial charge in [-0.25, -0.2) is 18.8 Å². The van der Waals surface area contributed by atoms with Gasteiger partial charge in [-0.15, -0.1) is 24.0 Å². The molecule has 0 amide bonds. The van der Waals surface area contributed by atoms with Crippen LogP contribution in [0.25, 0.3) is 0 Å². The van der Waals surface area contributed by atoms with E-state index in [1.165, 1.54) is 6.07 Å². The van der Waals surface area contributed by atoms with Gasteiger partial charge in [-0.3, -0.25) is 0 Å². The van der Waals surface area contributed by atoms with E-state index in [4.69, 9.17) is 9.47 Å². The Morgan fingerprint density at radius 3 is 2.88 bits per heavy atom. The van der Waals surface area contributed by atoms with Crippen molar-refractivity contribution in [2.45, 2.75) is 26.5 Å². The molecule has 0 bridgehead atoms. The van der Waals surface area contributed by atoms with Gasteiger partial charge in [-0.05, 0) is 43.7 Å². The summed E-state index contributed by atoms with van der Waals surface area (Å²) < 4.78 is 37.5. The number of halogens is 3. The second-order valence-electron chi connectivity index (χ2n) is 7.19. The maximum Gasteiger partial charge on any atom is 0.191 e. The molecule has 1 unspecified atom stereocenters. The minimum atomic E-state index is -0.719. The number of aromatic nitrogens is 1. The van der Waals surface area contributed by atoms with Crippen molar-refractivity contribution in [2.75, 3.05) is 44.3 Å². The Morgan fingerprint density at radius 1 is 1.28 bits per heavy atom. The molecule has 0 saturated carbocycles. The first-order valence-electron chi connectivity index (χ1n) is 10.5. The number of ether oxygens (including phenoxy) is 2. The molecule has 0 radical (unpaired) electrons. The number of rotatable bonds is 8. The molecule has 0 aliphatic carbocycles. The summed E-state index contributed by atoms with van der Waals surface area (Å²) in [5.41, 5.74) is 1.05.